The normalized spacial score (nSPS) is 10.9. The lowest BCUT2D eigenvalue weighted by Crippen LogP contribution is -2.25. The summed E-state index contributed by atoms with van der Waals surface area (Å²) in [5, 5.41) is 10.1. The minimum absolute atomic E-state index is 0.0314. The Bertz CT molecular complexity index is 1150. The molecule has 160 valence electrons. The van der Waals surface area contributed by atoms with Gasteiger partial charge in [0, 0.05) is 35.2 Å². The Morgan fingerprint density at radius 3 is 2.71 bits per heavy atom. The van der Waals surface area contributed by atoms with Crippen LogP contribution < -0.4 is 10.1 Å². The van der Waals surface area contributed by atoms with Crippen molar-refractivity contribution in [3.63, 3.8) is 0 Å². The summed E-state index contributed by atoms with van der Waals surface area (Å²) >= 11 is 3.37. The molecule has 3 aromatic heterocycles. The van der Waals surface area contributed by atoms with Gasteiger partial charge in [-0.3, -0.25) is 4.79 Å². The van der Waals surface area contributed by atoms with Crippen molar-refractivity contribution in [2.75, 3.05) is 13.7 Å². The van der Waals surface area contributed by atoms with Crippen LogP contribution in [0.1, 0.15) is 22.2 Å². The molecule has 0 atom stereocenters. The third kappa shape index (κ3) is 5.56. The number of benzene rings is 1. The van der Waals surface area contributed by atoms with Crippen molar-refractivity contribution in [2.45, 2.75) is 26.2 Å². The fourth-order valence-electron chi connectivity index (χ4n) is 2.97. The van der Waals surface area contributed by atoms with Gasteiger partial charge in [0.1, 0.15) is 5.75 Å². The van der Waals surface area contributed by atoms with Crippen molar-refractivity contribution in [3.8, 4) is 27.7 Å². The molecule has 1 amide bonds. The highest BCUT2D eigenvalue weighted by atomic mass is 32.1. The highest BCUT2D eigenvalue weighted by molar-refractivity contribution is 7.16. The van der Waals surface area contributed by atoms with Crippen molar-refractivity contribution in [3.05, 3.63) is 57.6 Å². The maximum Gasteiger partial charge on any atom is 0.227 e. The number of hydrogen-bond acceptors (Lipinski definition) is 8. The van der Waals surface area contributed by atoms with Gasteiger partial charge in [-0.2, -0.15) is 4.98 Å². The molecule has 1 aromatic carbocycles. The van der Waals surface area contributed by atoms with Crippen molar-refractivity contribution < 1.29 is 14.1 Å². The number of rotatable bonds is 9. The Hall–Kier alpha value is -3.04. The van der Waals surface area contributed by atoms with E-state index in [1.165, 1.54) is 4.88 Å². The molecule has 1 N–H and O–H groups in total. The molecule has 31 heavy (non-hydrogen) atoms. The van der Waals surface area contributed by atoms with Crippen molar-refractivity contribution in [1.29, 1.82) is 0 Å². The van der Waals surface area contributed by atoms with Crippen LogP contribution in [0.2, 0.25) is 0 Å². The summed E-state index contributed by atoms with van der Waals surface area (Å²) in [4.78, 5) is 23.4. The van der Waals surface area contributed by atoms with Gasteiger partial charge in [0.15, 0.2) is 0 Å². The zero-order valence-corrected chi connectivity index (χ0v) is 18.9. The van der Waals surface area contributed by atoms with Gasteiger partial charge in [0.2, 0.25) is 17.6 Å². The summed E-state index contributed by atoms with van der Waals surface area (Å²) < 4.78 is 10.4. The molecular formula is C22H22N4O3S2. The first-order valence-electron chi connectivity index (χ1n) is 9.85. The molecular weight excluding hydrogens is 432 g/mol. The highest BCUT2D eigenvalue weighted by Gasteiger charge is 2.11. The predicted molar refractivity (Wildman–Crippen MR) is 121 cm³/mol. The van der Waals surface area contributed by atoms with Crippen molar-refractivity contribution >= 4 is 28.6 Å². The van der Waals surface area contributed by atoms with Crippen molar-refractivity contribution in [2.24, 2.45) is 0 Å². The lowest BCUT2D eigenvalue weighted by Gasteiger charge is -2.02. The number of thiazole rings is 1. The van der Waals surface area contributed by atoms with Gasteiger partial charge in [-0.1, -0.05) is 5.16 Å². The predicted octanol–water partition coefficient (Wildman–Crippen LogP) is 4.53. The Kier molecular flexibility index (Phi) is 6.73. The van der Waals surface area contributed by atoms with Crippen LogP contribution in [0.25, 0.3) is 22.0 Å². The van der Waals surface area contributed by atoms with Crippen LogP contribution in [0.3, 0.4) is 0 Å². The number of aromatic nitrogens is 3. The van der Waals surface area contributed by atoms with Crippen LogP contribution in [0.5, 0.6) is 5.75 Å². The first-order valence-corrected chi connectivity index (χ1v) is 11.6. The summed E-state index contributed by atoms with van der Waals surface area (Å²) in [5.41, 5.74) is 1.86. The number of ether oxygens (including phenoxy) is 1. The number of nitrogens with one attached hydrogen (secondary N) is 1. The van der Waals surface area contributed by atoms with E-state index >= 15 is 0 Å². The molecule has 0 fully saturated rings. The summed E-state index contributed by atoms with van der Waals surface area (Å²) in [7, 11) is 1.62. The number of aryl methyl sites for hydroxylation is 2. The smallest absolute Gasteiger partial charge is 0.227 e. The molecule has 0 saturated heterocycles. The van der Waals surface area contributed by atoms with E-state index in [0.29, 0.717) is 31.1 Å². The van der Waals surface area contributed by atoms with Gasteiger partial charge in [-0.25, -0.2) is 4.98 Å². The highest BCUT2D eigenvalue weighted by Crippen LogP contribution is 2.29. The number of carbonyl (C=O) groups is 1. The minimum atomic E-state index is -0.0314. The molecule has 3 heterocycles. The molecule has 0 aliphatic heterocycles. The lowest BCUT2D eigenvalue weighted by atomic mass is 10.2. The van der Waals surface area contributed by atoms with E-state index in [2.05, 4.69) is 38.0 Å². The average molecular weight is 455 g/mol. The number of hydrogen-bond donors (Lipinski definition) is 1. The topological polar surface area (TPSA) is 90.1 Å². The van der Waals surface area contributed by atoms with Gasteiger partial charge < -0.3 is 14.6 Å². The van der Waals surface area contributed by atoms with Gasteiger partial charge >= 0.3 is 0 Å². The quantitative estimate of drug-likeness (QED) is 0.400. The minimum Gasteiger partial charge on any atom is -0.497 e. The third-order valence-corrected chi connectivity index (χ3v) is 6.55. The van der Waals surface area contributed by atoms with Gasteiger partial charge in [-0.05, 0) is 49.7 Å². The lowest BCUT2D eigenvalue weighted by molar-refractivity contribution is -0.121. The summed E-state index contributed by atoms with van der Waals surface area (Å²) in [6.45, 7) is 2.60. The maximum absolute atomic E-state index is 12.2. The number of carbonyl (C=O) groups excluding carboxylic acids is 1. The molecule has 9 heteroatoms. The number of thiophene rings is 1. The van der Waals surface area contributed by atoms with Crippen LogP contribution in [0, 0.1) is 6.92 Å². The monoisotopic (exact) mass is 454 g/mol. The van der Waals surface area contributed by atoms with Gasteiger partial charge in [0.25, 0.3) is 0 Å². The standard InChI is InChI=1S/C22H22N4O3S2/c1-14-24-18(13-30-14)19-8-7-17(31-19)11-12-23-20(27)9-10-21-25-22(26-29-21)15-3-5-16(28-2)6-4-15/h3-8,13H,9-12H2,1-2H3,(H,23,27). The number of methoxy groups -OCH3 is 1. The van der Waals surface area contributed by atoms with Gasteiger partial charge in [-0.15, -0.1) is 22.7 Å². The van der Waals surface area contributed by atoms with Crippen LogP contribution in [0.4, 0.5) is 0 Å². The zero-order chi connectivity index (χ0) is 21.6. The number of nitrogens with zero attached hydrogens (tertiary/aromatic N) is 3. The first kappa shape index (κ1) is 21.2. The fraction of sp³-hybridized carbons (Fsp3) is 0.273. The SMILES string of the molecule is COc1ccc(-c2noc(CCC(=O)NCCc3ccc(-c4csc(C)n4)s3)n2)cc1. The Balaban J connectivity index is 1.21. The van der Waals surface area contributed by atoms with Crippen LogP contribution >= 0.6 is 22.7 Å². The molecule has 0 radical (unpaired) electrons. The van der Waals surface area contributed by atoms with E-state index in [1.54, 1.807) is 29.8 Å². The third-order valence-electron chi connectivity index (χ3n) is 4.61. The summed E-state index contributed by atoms with van der Waals surface area (Å²) in [6, 6.07) is 11.6. The summed E-state index contributed by atoms with van der Waals surface area (Å²) in [5.74, 6) is 1.68. The zero-order valence-electron chi connectivity index (χ0n) is 17.3. The molecule has 4 aromatic rings. The van der Waals surface area contributed by atoms with E-state index < -0.39 is 0 Å². The second-order valence-corrected chi connectivity index (χ2v) is 9.09. The van der Waals surface area contributed by atoms with Crippen LogP contribution in [0.15, 0.2) is 46.3 Å². The first-order chi connectivity index (χ1) is 15.1. The molecule has 0 spiro atoms. The Morgan fingerprint density at radius 1 is 1.13 bits per heavy atom. The largest absolute Gasteiger partial charge is 0.497 e. The van der Waals surface area contributed by atoms with E-state index in [-0.39, 0.29) is 5.91 Å². The average Bonchev–Trinajstić information content (AvgIpc) is 3.53. The Morgan fingerprint density at radius 2 is 1.97 bits per heavy atom. The molecule has 0 aliphatic rings. The Labute approximate surface area is 188 Å². The molecule has 7 nitrogen and oxygen atoms in total. The van der Waals surface area contributed by atoms with E-state index in [0.717, 1.165) is 33.3 Å². The molecule has 0 aliphatic carbocycles. The molecule has 0 saturated carbocycles. The van der Waals surface area contributed by atoms with E-state index in [9.17, 15) is 4.79 Å². The van der Waals surface area contributed by atoms with Gasteiger partial charge in [0.05, 0.1) is 22.7 Å². The van der Waals surface area contributed by atoms with Crippen molar-refractivity contribution in [1.82, 2.24) is 20.4 Å². The van der Waals surface area contributed by atoms with Crippen LogP contribution in [-0.2, 0) is 17.6 Å². The summed E-state index contributed by atoms with van der Waals surface area (Å²) in [6.07, 6.45) is 1.50. The van der Waals surface area contributed by atoms with E-state index in [1.807, 2.05) is 31.2 Å². The maximum atomic E-state index is 12.2. The number of amides is 1. The van der Waals surface area contributed by atoms with Crippen LogP contribution in [-0.4, -0.2) is 34.7 Å². The second kappa shape index (κ2) is 9.84. The van der Waals surface area contributed by atoms with E-state index in [4.69, 9.17) is 9.26 Å². The second-order valence-electron chi connectivity index (χ2n) is 6.86. The molecule has 4 rings (SSSR count). The molecule has 0 unspecified atom stereocenters. The molecule has 0 bridgehead atoms. The fourth-order valence-corrected chi connectivity index (χ4v) is 4.63.